The number of H-pyrrole nitrogens is 1. The van der Waals surface area contributed by atoms with Gasteiger partial charge < -0.3 is 14.2 Å². The molecule has 10 nitrogen and oxygen atoms in total. The average molecular weight is 554 g/mol. The maximum absolute atomic E-state index is 14.2. The van der Waals surface area contributed by atoms with Crippen molar-refractivity contribution in [3.8, 4) is 39.8 Å². The average Bonchev–Trinajstić information content (AvgIpc) is 3.35. The maximum atomic E-state index is 14.2. The van der Waals surface area contributed by atoms with E-state index in [4.69, 9.17) is 14.2 Å². The Labute approximate surface area is 221 Å². The molecule has 0 radical (unpaired) electrons. The van der Waals surface area contributed by atoms with E-state index in [2.05, 4.69) is 24.9 Å². The topological polar surface area (TPSA) is 128 Å². The number of hydrogen-bond donors (Lipinski definition) is 2. The Morgan fingerprint density at radius 1 is 0.821 bits per heavy atom. The standard InChI is InChI=1S/C26H21F2N5O5S/c1-36-21-6-4-14(10-22(21)37-2)24-18-8-15(12-29-25(18)32-31-24)16-9-20(26(38-3)30-13-16)33-39(34,35)23-7-5-17(27)11-19(23)28/h4-13,33H,1-3H3,(H,29,31,32). The van der Waals surface area contributed by atoms with Gasteiger partial charge in [0.25, 0.3) is 10.0 Å². The lowest BCUT2D eigenvalue weighted by Crippen LogP contribution is -2.15. The number of aromatic amines is 1. The van der Waals surface area contributed by atoms with Crippen LogP contribution in [0.4, 0.5) is 14.5 Å². The summed E-state index contributed by atoms with van der Waals surface area (Å²) in [7, 11) is -0.0360. The van der Waals surface area contributed by atoms with E-state index < -0.39 is 26.6 Å². The van der Waals surface area contributed by atoms with Gasteiger partial charge in [0.1, 0.15) is 22.2 Å². The summed E-state index contributed by atoms with van der Waals surface area (Å²) in [6, 6.07) is 10.9. The number of ether oxygens (including phenoxy) is 3. The summed E-state index contributed by atoms with van der Waals surface area (Å²) in [6.07, 6.45) is 3.04. The Morgan fingerprint density at radius 3 is 2.28 bits per heavy atom. The largest absolute Gasteiger partial charge is 0.493 e. The Balaban J connectivity index is 1.55. The van der Waals surface area contributed by atoms with Gasteiger partial charge in [-0.05, 0) is 42.5 Å². The fraction of sp³-hybridized carbons (Fsp3) is 0.115. The number of pyridine rings is 2. The molecule has 0 saturated carbocycles. The van der Waals surface area contributed by atoms with E-state index in [0.29, 0.717) is 45.4 Å². The van der Waals surface area contributed by atoms with Crippen LogP contribution in [0.15, 0.2) is 65.8 Å². The second kappa shape index (κ2) is 10.2. The summed E-state index contributed by atoms with van der Waals surface area (Å²) in [4.78, 5) is 7.88. The number of nitrogens with zero attached hydrogens (tertiary/aromatic N) is 3. The molecule has 0 bridgehead atoms. The summed E-state index contributed by atoms with van der Waals surface area (Å²) in [5.41, 5.74) is 2.94. The first-order valence-corrected chi connectivity index (χ1v) is 12.8. The molecule has 0 aliphatic rings. The number of fused-ring (bicyclic) bond motifs is 1. The molecule has 200 valence electrons. The van der Waals surface area contributed by atoms with Crippen LogP contribution in [0.1, 0.15) is 0 Å². The number of benzene rings is 2. The maximum Gasteiger partial charge on any atom is 0.264 e. The van der Waals surface area contributed by atoms with Gasteiger partial charge in [0.15, 0.2) is 17.1 Å². The molecule has 0 fully saturated rings. The van der Waals surface area contributed by atoms with Crippen LogP contribution in [-0.2, 0) is 10.0 Å². The van der Waals surface area contributed by atoms with Crippen molar-refractivity contribution >= 4 is 26.7 Å². The number of aromatic nitrogens is 4. The van der Waals surface area contributed by atoms with Crippen LogP contribution in [-0.4, -0.2) is 49.9 Å². The second-order valence-electron chi connectivity index (χ2n) is 8.22. The van der Waals surface area contributed by atoms with Crippen molar-refractivity contribution in [1.82, 2.24) is 20.2 Å². The minimum atomic E-state index is -4.44. The van der Waals surface area contributed by atoms with E-state index in [1.807, 2.05) is 12.1 Å². The van der Waals surface area contributed by atoms with Gasteiger partial charge in [-0.25, -0.2) is 27.2 Å². The number of anilines is 1. The van der Waals surface area contributed by atoms with Gasteiger partial charge >= 0.3 is 0 Å². The molecule has 5 rings (SSSR count). The molecule has 3 heterocycles. The number of rotatable bonds is 8. The van der Waals surface area contributed by atoms with Crippen molar-refractivity contribution < 1.29 is 31.4 Å². The summed E-state index contributed by atoms with van der Waals surface area (Å²) in [5, 5.41) is 7.95. The first kappa shape index (κ1) is 25.9. The fourth-order valence-corrected chi connectivity index (χ4v) is 5.12. The van der Waals surface area contributed by atoms with Crippen LogP contribution < -0.4 is 18.9 Å². The molecule has 3 aromatic heterocycles. The predicted molar refractivity (Wildman–Crippen MR) is 139 cm³/mol. The third-order valence-electron chi connectivity index (χ3n) is 5.89. The number of sulfonamides is 1. The number of halogens is 2. The number of hydrogen-bond acceptors (Lipinski definition) is 8. The smallest absolute Gasteiger partial charge is 0.264 e. The normalized spacial score (nSPS) is 11.4. The zero-order chi connectivity index (χ0) is 27.7. The van der Waals surface area contributed by atoms with Crippen LogP contribution in [0.2, 0.25) is 0 Å². The highest BCUT2D eigenvalue weighted by molar-refractivity contribution is 7.92. The van der Waals surface area contributed by atoms with Crippen molar-refractivity contribution in [1.29, 1.82) is 0 Å². The monoisotopic (exact) mass is 553 g/mol. The van der Waals surface area contributed by atoms with E-state index >= 15 is 0 Å². The molecule has 0 saturated heterocycles. The van der Waals surface area contributed by atoms with Crippen molar-refractivity contribution in [2.45, 2.75) is 4.90 Å². The molecule has 0 aliphatic heterocycles. The molecule has 39 heavy (non-hydrogen) atoms. The molecular formula is C26H21F2N5O5S. The lowest BCUT2D eigenvalue weighted by molar-refractivity contribution is 0.355. The number of methoxy groups -OCH3 is 3. The summed E-state index contributed by atoms with van der Waals surface area (Å²) in [6.45, 7) is 0. The Morgan fingerprint density at radius 2 is 1.56 bits per heavy atom. The van der Waals surface area contributed by atoms with Gasteiger partial charge in [0.2, 0.25) is 5.88 Å². The van der Waals surface area contributed by atoms with Gasteiger partial charge in [0, 0.05) is 40.5 Å². The van der Waals surface area contributed by atoms with Crippen LogP contribution in [0, 0.1) is 11.6 Å². The minimum absolute atomic E-state index is 0.0480. The van der Waals surface area contributed by atoms with Gasteiger partial charge in [-0.1, -0.05) is 0 Å². The van der Waals surface area contributed by atoms with Crippen molar-refractivity contribution in [3.63, 3.8) is 0 Å². The molecule has 2 aromatic carbocycles. The molecule has 2 N–H and O–H groups in total. The minimum Gasteiger partial charge on any atom is -0.493 e. The molecule has 13 heteroatoms. The Kier molecular flexibility index (Phi) is 6.74. The first-order valence-electron chi connectivity index (χ1n) is 11.3. The SMILES string of the molecule is COc1ccc(-c2[nH]nc3ncc(-c4cnc(OC)c(NS(=O)(=O)c5ccc(F)cc5F)c4)cc23)cc1OC. The fourth-order valence-electron chi connectivity index (χ4n) is 4.01. The van der Waals surface area contributed by atoms with Gasteiger partial charge in [-0.2, -0.15) is 5.10 Å². The van der Waals surface area contributed by atoms with Crippen molar-refractivity contribution in [2.75, 3.05) is 26.1 Å². The summed E-state index contributed by atoms with van der Waals surface area (Å²) in [5.74, 6) is -1.07. The molecule has 5 aromatic rings. The molecular weight excluding hydrogens is 532 g/mol. The Hall–Kier alpha value is -4.78. The van der Waals surface area contributed by atoms with Crippen LogP contribution in [0.3, 0.4) is 0 Å². The van der Waals surface area contributed by atoms with Crippen molar-refractivity contribution in [2.24, 2.45) is 0 Å². The third kappa shape index (κ3) is 4.91. The van der Waals surface area contributed by atoms with Gasteiger partial charge in [0.05, 0.1) is 27.0 Å². The van der Waals surface area contributed by atoms with Crippen LogP contribution in [0.25, 0.3) is 33.4 Å². The molecule has 0 amide bonds. The highest BCUT2D eigenvalue weighted by atomic mass is 32.2. The van der Waals surface area contributed by atoms with E-state index in [0.717, 1.165) is 17.7 Å². The quantitative estimate of drug-likeness (QED) is 0.281. The van der Waals surface area contributed by atoms with Crippen molar-refractivity contribution in [3.05, 3.63) is 72.6 Å². The summed E-state index contributed by atoms with van der Waals surface area (Å²) < 4.78 is 71.5. The van der Waals surface area contributed by atoms with E-state index in [-0.39, 0.29) is 11.6 Å². The molecule has 0 unspecified atom stereocenters. The lowest BCUT2D eigenvalue weighted by Gasteiger charge is -2.13. The van der Waals surface area contributed by atoms with Gasteiger partial charge in [-0.3, -0.25) is 9.82 Å². The predicted octanol–water partition coefficient (Wildman–Crippen LogP) is 4.79. The molecule has 0 spiro atoms. The van der Waals surface area contributed by atoms with E-state index in [9.17, 15) is 17.2 Å². The second-order valence-corrected chi connectivity index (χ2v) is 9.88. The zero-order valence-electron chi connectivity index (χ0n) is 20.8. The molecule has 0 aliphatic carbocycles. The van der Waals surface area contributed by atoms with Crippen LogP contribution >= 0.6 is 0 Å². The van der Waals surface area contributed by atoms with Crippen LogP contribution in [0.5, 0.6) is 17.4 Å². The zero-order valence-corrected chi connectivity index (χ0v) is 21.6. The van der Waals surface area contributed by atoms with E-state index in [1.54, 1.807) is 32.5 Å². The Bertz CT molecular complexity index is 1810. The summed E-state index contributed by atoms with van der Waals surface area (Å²) >= 11 is 0. The highest BCUT2D eigenvalue weighted by Crippen LogP contribution is 2.36. The molecule has 0 atom stereocenters. The lowest BCUT2D eigenvalue weighted by atomic mass is 10.0. The highest BCUT2D eigenvalue weighted by Gasteiger charge is 2.22. The van der Waals surface area contributed by atoms with E-state index in [1.165, 1.54) is 19.4 Å². The first-order chi connectivity index (χ1) is 18.7. The third-order valence-corrected chi connectivity index (χ3v) is 7.29. The number of nitrogens with one attached hydrogen (secondary N) is 2. The van der Waals surface area contributed by atoms with Gasteiger partial charge in [-0.15, -0.1) is 0 Å².